The summed E-state index contributed by atoms with van der Waals surface area (Å²) in [5.41, 5.74) is 1.20. The Hall–Kier alpha value is -1.06. The maximum atomic E-state index is 10.2. The number of aliphatic hydroxyl groups excluding tert-OH is 1. The van der Waals surface area contributed by atoms with Crippen LogP contribution in [0.5, 0.6) is 5.75 Å². The number of benzene rings is 1. The van der Waals surface area contributed by atoms with Gasteiger partial charge in [0.25, 0.3) is 0 Å². The van der Waals surface area contributed by atoms with Gasteiger partial charge in [0.1, 0.15) is 11.9 Å². The van der Waals surface area contributed by atoms with Gasteiger partial charge in [0.2, 0.25) is 0 Å². The lowest BCUT2D eigenvalue weighted by molar-refractivity contribution is 0.00492. The summed E-state index contributed by atoms with van der Waals surface area (Å²) in [7, 11) is 1.71. The third kappa shape index (κ3) is 3.48. The average molecular weight is 264 g/mol. The minimum Gasteiger partial charge on any atom is -0.488 e. The first kappa shape index (κ1) is 14.4. The smallest absolute Gasteiger partial charge is 0.125 e. The molecule has 0 heterocycles. The summed E-state index contributed by atoms with van der Waals surface area (Å²) < 4.78 is 11.0. The van der Waals surface area contributed by atoms with E-state index in [9.17, 15) is 5.11 Å². The molecule has 2 rings (SSSR count). The van der Waals surface area contributed by atoms with E-state index in [-0.39, 0.29) is 17.6 Å². The van der Waals surface area contributed by atoms with Crippen LogP contribution in [-0.2, 0) is 11.2 Å². The molecule has 0 spiro atoms. The van der Waals surface area contributed by atoms with Gasteiger partial charge < -0.3 is 14.6 Å². The second-order valence-corrected chi connectivity index (χ2v) is 6.02. The summed E-state index contributed by atoms with van der Waals surface area (Å²) in [6, 6.07) is 8.06. The van der Waals surface area contributed by atoms with Crippen LogP contribution in [0, 0.1) is 5.41 Å². The van der Waals surface area contributed by atoms with Crippen molar-refractivity contribution in [1.82, 2.24) is 0 Å². The van der Waals surface area contributed by atoms with Crippen LogP contribution >= 0.6 is 0 Å². The van der Waals surface area contributed by atoms with Gasteiger partial charge in [-0.3, -0.25) is 0 Å². The van der Waals surface area contributed by atoms with E-state index in [1.54, 1.807) is 7.11 Å². The highest BCUT2D eigenvalue weighted by molar-refractivity contribution is 5.27. The fourth-order valence-electron chi connectivity index (χ4n) is 2.58. The van der Waals surface area contributed by atoms with E-state index in [4.69, 9.17) is 9.47 Å². The SMILES string of the molecule is COCCc1ccc(OC2CCC(C)(C)C2O)cc1. The van der Waals surface area contributed by atoms with Crippen molar-refractivity contribution < 1.29 is 14.6 Å². The summed E-state index contributed by atoms with van der Waals surface area (Å²) >= 11 is 0. The first-order chi connectivity index (χ1) is 9.03. The van der Waals surface area contributed by atoms with Crippen molar-refractivity contribution in [3.05, 3.63) is 29.8 Å². The molecule has 0 aromatic heterocycles. The Morgan fingerprint density at radius 2 is 1.95 bits per heavy atom. The summed E-state index contributed by atoms with van der Waals surface area (Å²) in [5.74, 6) is 0.836. The van der Waals surface area contributed by atoms with Gasteiger partial charge >= 0.3 is 0 Å². The molecule has 0 bridgehead atoms. The molecular formula is C16H24O3. The summed E-state index contributed by atoms with van der Waals surface area (Å²) in [4.78, 5) is 0. The monoisotopic (exact) mass is 264 g/mol. The van der Waals surface area contributed by atoms with Gasteiger partial charge in [0, 0.05) is 7.11 Å². The van der Waals surface area contributed by atoms with Gasteiger partial charge in [-0.2, -0.15) is 0 Å². The predicted molar refractivity (Wildman–Crippen MR) is 75.5 cm³/mol. The van der Waals surface area contributed by atoms with Crippen LogP contribution in [0.4, 0.5) is 0 Å². The molecule has 2 atom stereocenters. The number of methoxy groups -OCH3 is 1. The molecule has 0 radical (unpaired) electrons. The first-order valence-electron chi connectivity index (χ1n) is 6.95. The lowest BCUT2D eigenvalue weighted by Crippen LogP contribution is -2.34. The molecule has 1 fully saturated rings. The Morgan fingerprint density at radius 1 is 1.26 bits per heavy atom. The molecule has 1 N–H and O–H groups in total. The van der Waals surface area contributed by atoms with Crippen molar-refractivity contribution in [3.63, 3.8) is 0 Å². The zero-order valence-electron chi connectivity index (χ0n) is 12.1. The molecular weight excluding hydrogens is 240 g/mol. The summed E-state index contributed by atoms with van der Waals surface area (Å²) in [5, 5.41) is 10.2. The first-order valence-corrected chi connectivity index (χ1v) is 6.95. The normalized spacial score (nSPS) is 25.5. The fourth-order valence-corrected chi connectivity index (χ4v) is 2.58. The number of hydrogen-bond donors (Lipinski definition) is 1. The standard InChI is InChI=1S/C16H24O3/c1-16(2)10-8-14(15(16)17)19-13-6-4-12(5-7-13)9-11-18-3/h4-7,14-15,17H,8-11H2,1-3H3. The summed E-state index contributed by atoms with van der Waals surface area (Å²) in [6.45, 7) is 4.92. The zero-order chi connectivity index (χ0) is 13.9. The molecule has 0 aliphatic heterocycles. The van der Waals surface area contributed by atoms with E-state index in [0.717, 1.165) is 31.6 Å². The second kappa shape index (κ2) is 5.93. The van der Waals surface area contributed by atoms with E-state index in [0.29, 0.717) is 0 Å². The van der Waals surface area contributed by atoms with E-state index in [2.05, 4.69) is 26.0 Å². The largest absolute Gasteiger partial charge is 0.488 e. The molecule has 2 unspecified atom stereocenters. The average Bonchev–Trinajstić information content (AvgIpc) is 2.65. The molecule has 1 aliphatic carbocycles. The molecule has 3 nitrogen and oxygen atoms in total. The van der Waals surface area contributed by atoms with Gasteiger partial charge in [-0.05, 0) is 42.4 Å². The molecule has 19 heavy (non-hydrogen) atoms. The van der Waals surface area contributed by atoms with Crippen LogP contribution < -0.4 is 4.74 Å². The molecule has 0 amide bonds. The van der Waals surface area contributed by atoms with E-state index < -0.39 is 0 Å². The lowest BCUT2D eigenvalue weighted by atomic mass is 9.89. The number of rotatable bonds is 5. The van der Waals surface area contributed by atoms with Crippen LogP contribution in [0.3, 0.4) is 0 Å². The molecule has 106 valence electrons. The zero-order valence-corrected chi connectivity index (χ0v) is 12.1. The van der Waals surface area contributed by atoms with E-state index in [1.165, 1.54) is 5.56 Å². The maximum Gasteiger partial charge on any atom is 0.125 e. The van der Waals surface area contributed by atoms with Crippen LogP contribution in [0.15, 0.2) is 24.3 Å². The maximum absolute atomic E-state index is 10.2. The Bertz CT molecular complexity index is 397. The Kier molecular flexibility index (Phi) is 4.48. The van der Waals surface area contributed by atoms with Gasteiger partial charge in [0.05, 0.1) is 12.7 Å². The second-order valence-electron chi connectivity index (χ2n) is 6.02. The van der Waals surface area contributed by atoms with Crippen LogP contribution in [0.2, 0.25) is 0 Å². The molecule has 1 aromatic rings. The Balaban J connectivity index is 1.93. The number of aliphatic hydroxyl groups is 1. The van der Waals surface area contributed by atoms with Crippen molar-refractivity contribution >= 4 is 0 Å². The van der Waals surface area contributed by atoms with Crippen molar-refractivity contribution in [1.29, 1.82) is 0 Å². The van der Waals surface area contributed by atoms with Crippen molar-refractivity contribution in [2.75, 3.05) is 13.7 Å². The molecule has 3 heteroatoms. The molecule has 0 saturated heterocycles. The van der Waals surface area contributed by atoms with Crippen LogP contribution in [0.25, 0.3) is 0 Å². The van der Waals surface area contributed by atoms with Crippen molar-refractivity contribution in [3.8, 4) is 5.75 Å². The third-order valence-corrected chi connectivity index (χ3v) is 4.03. The summed E-state index contributed by atoms with van der Waals surface area (Å²) in [6.07, 6.45) is 2.36. The van der Waals surface area contributed by atoms with Crippen LogP contribution in [0.1, 0.15) is 32.3 Å². The number of ether oxygens (including phenoxy) is 2. The minimum atomic E-state index is -0.388. The third-order valence-electron chi connectivity index (χ3n) is 4.03. The van der Waals surface area contributed by atoms with Gasteiger partial charge in [0.15, 0.2) is 0 Å². The van der Waals surface area contributed by atoms with Gasteiger partial charge in [-0.15, -0.1) is 0 Å². The van der Waals surface area contributed by atoms with Crippen molar-refractivity contribution in [2.24, 2.45) is 5.41 Å². The highest BCUT2D eigenvalue weighted by Gasteiger charge is 2.42. The number of hydrogen-bond acceptors (Lipinski definition) is 3. The lowest BCUT2D eigenvalue weighted by Gasteiger charge is -2.25. The Morgan fingerprint density at radius 3 is 2.47 bits per heavy atom. The fraction of sp³-hybridized carbons (Fsp3) is 0.625. The quantitative estimate of drug-likeness (QED) is 0.888. The minimum absolute atomic E-state index is 0.0386. The highest BCUT2D eigenvalue weighted by Crippen LogP contribution is 2.39. The van der Waals surface area contributed by atoms with Crippen LogP contribution in [-0.4, -0.2) is 31.0 Å². The van der Waals surface area contributed by atoms with Gasteiger partial charge in [-0.25, -0.2) is 0 Å². The molecule has 1 aliphatic rings. The molecule has 1 saturated carbocycles. The van der Waals surface area contributed by atoms with Gasteiger partial charge in [-0.1, -0.05) is 26.0 Å². The molecule has 1 aromatic carbocycles. The van der Waals surface area contributed by atoms with Crippen molar-refractivity contribution in [2.45, 2.75) is 45.3 Å². The van der Waals surface area contributed by atoms with E-state index in [1.807, 2.05) is 12.1 Å². The topological polar surface area (TPSA) is 38.7 Å². The van der Waals surface area contributed by atoms with E-state index >= 15 is 0 Å². The predicted octanol–water partition coefficient (Wildman–Crippen LogP) is 2.80. The highest BCUT2D eigenvalue weighted by atomic mass is 16.5. The Labute approximate surface area is 115 Å².